The van der Waals surface area contributed by atoms with E-state index in [1.807, 2.05) is 69.3 Å². The first-order valence-electron chi connectivity index (χ1n) is 8.63. The summed E-state index contributed by atoms with van der Waals surface area (Å²) in [5.41, 5.74) is 3.02. The van der Waals surface area contributed by atoms with Crippen LogP contribution in [-0.2, 0) is 22.2 Å². The predicted octanol–water partition coefficient (Wildman–Crippen LogP) is 3.83. The highest BCUT2D eigenvalue weighted by atomic mass is 32.2. The third-order valence-corrected chi connectivity index (χ3v) is 5.20. The third-order valence-electron chi connectivity index (χ3n) is 3.87. The molecular formula is C20H27NO3S. The molecule has 0 saturated heterocycles. The fourth-order valence-electron chi connectivity index (χ4n) is 2.55. The molecule has 0 unspecified atom stereocenters. The third kappa shape index (κ3) is 6.88. The fraction of sp³-hybridized carbons (Fsp3) is 0.400. The van der Waals surface area contributed by atoms with Crippen molar-refractivity contribution < 1.29 is 13.2 Å². The van der Waals surface area contributed by atoms with Gasteiger partial charge in [-0.3, -0.25) is 0 Å². The van der Waals surface area contributed by atoms with Gasteiger partial charge in [0.2, 0.25) is 10.0 Å². The van der Waals surface area contributed by atoms with Gasteiger partial charge in [0.15, 0.2) is 0 Å². The van der Waals surface area contributed by atoms with Crippen molar-refractivity contribution in [3.05, 3.63) is 65.2 Å². The maximum absolute atomic E-state index is 12.2. The van der Waals surface area contributed by atoms with Gasteiger partial charge in [0.1, 0.15) is 5.75 Å². The molecule has 0 aliphatic carbocycles. The van der Waals surface area contributed by atoms with Crippen LogP contribution in [0.25, 0.3) is 0 Å². The van der Waals surface area contributed by atoms with Crippen molar-refractivity contribution in [1.82, 2.24) is 4.72 Å². The molecule has 136 valence electrons. The Morgan fingerprint density at radius 1 is 1.04 bits per heavy atom. The number of nitrogens with one attached hydrogen (secondary N) is 1. The molecule has 2 aromatic rings. The molecule has 2 rings (SSSR count). The van der Waals surface area contributed by atoms with Crippen LogP contribution in [0.2, 0.25) is 0 Å². The van der Waals surface area contributed by atoms with E-state index in [1.165, 1.54) is 5.56 Å². The van der Waals surface area contributed by atoms with E-state index >= 15 is 0 Å². The van der Waals surface area contributed by atoms with E-state index in [9.17, 15) is 8.42 Å². The second-order valence-electron chi connectivity index (χ2n) is 6.49. The van der Waals surface area contributed by atoms with Crippen LogP contribution in [-0.4, -0.2) is 21.1 Å². The smallest absolute Gasteiger partial charge is 0.215 e. The summed E-state index contributed by atoms with van der Waals surface area (Å²) in [4.78, 5) is 0. The van der Waals surface area contributed by atoms with E-state index in [-0.39, 0.29) is 11.9 Å². The summed E-state index contributed by atoms with van der Waals surface area (Å²) in [6.45, 7) is 6.36. The highest BCUT2D eigenvalue weighted by Crippen LogP contribution is 2.15. The van der Waals surface area contributed by atoms with E-state index in [1.54, 1.807) is 0 Å². The number of hydrogen-bond donors (Lipinski definition) is 1. The first-order valence-corrected chi connectivity index (χ1v) is 10.3. The Balaban J connectivity index is 1.77. The van der Waals surface area contributed by atoms with Crippen LogP contribution in [0.1, 0.15) is 37.0 Å². The number of benzene rings is 2. The second-order valence-corrected chi connectivity index (χ2v) is 8.30. The standard InChI is InChI=1S/C20H27NO3S/c1-16(2)24-20-12-10-18(11-13-20)8-6-14-21-25(22,23)15-19-9-5-4-7-17(19)3/h4-5,7,9-13,16,21H,6,8,14-15H2,1-3H3. The zero-order chi connectivity index (χ0) is 18.3. The Labute approximate surface area is 151 Å². The van der Waals surface area contributed by atoms with Crippen LogP contribution in [0.15, 0.2) is 48.5 Å². The minimum Gasteiger partial charge on any atom is -0.491 e. The lowest BCUT2D eigenvalue weighted by molar-refractivity contribution is 0.242. The summed E-state index contributed by atoms with van der Waals surface area (Å²) in [5, 5.41) is 0. The fourth-order valence-corrected chi connectivity index (χ4v) is 3.85. The van der Waals surface area contributed by atoms with Gasteiger partial charge in [-0.05, 0) is 62.4 Å². The zero-order valence-electron chi connectivity index (χ0n) is 15.2. The first kappa shape index (κ1) is 19.5. The van der Waals surface area contributed by atoms with E-state index in [4.69, 9.17) is 4.74 Å². The van der Waals surface area contributed by atoms with Gasteiger partial charge < -0.3 is 4.74 Å². The maximum atomic E-state index is 12.2. The zero-order valence-corrected chi connectivity index (χ0v) is 16.0. The Hall–Kier alpha value is -1.85. The number of hydrogen-bond acceptors (Lipinski definition) is 3. The normalized spacial score (nSPS) is 11.7. The quantitative estimate of drug-likeness (QED) is 0.691. The molecular weight excluding hydrogens is 334 g/mol. The molecule has 2 aromatic carbocycles. The Bertz CT molecular complexity index is 768. The number of aryl methyl sites for hydroxylation is 2. The summed E-state index contributed by atoms with van der Waals surface area (Å²) in [7, 11) is -3.30. The van der Waals surface area contributed by atoms with Gasteiger partial charge in [0.05, 0.1) is 11.9 Å². The van der Waals surface area contributed by atoms with Crippen LogP contribution >= 0.6 is 0 Å². The van der Waals surface area contributed by atoms with Crippen LogP contribution in [0.4, 0.5) is 0 Å². The minimum atomic E-state index is -3.30. The van der Waals surface area contributed by atoms with Gasteiger partial charge in [-0.1, -0.05) is 36.4 Å². The molecule has 0 saturated carbocycles. The van der Waals surface area contributed by atoms with Crippen LogP contribution < -0.4 is 9.46 Å². The second kappa shape index (κ2) is 9.02. The highest BCUT2D eigenvalue weighted by molar-refractivity contribution is 7.88. The number of ether oxygens (including phenoxy) is 1. The molecule has 0 amide bonds. The lowest BCUT2D eigenvalue weighted by Crippen LogP contribution is -2.26. The summed E-state index contributed by atoms with van der Waals surface area (Å²) < 4.78 is 32.7. The van der Waals surface area contributed by atoms with Crippen molar-refractivity contribution >= 4 is 10.0 Å². The van der Waals surface area contributed by atoms with Crippen molar-refractivity contribution in [3.63, 3.8) is 0 Å². The summed E-state index contributed by atoms with van der Waals surface area (Å²) in [6, 6.07) is 15.5. The molecule has 0 bridgehead atoms. The van der Waals surface area contributed by atoms with Crippen LogP contribution in [0.5, 0.6) is 5.75 Å². The van der Waals surface area contributed by atoms with Gasteiger partial charge in [-0.25, -0.2) is 13.1 Å². The van der Waals surface area contributed by atoms with Gasteiger partial charge in [0, 0.05) is 6.54 Å². The van der Waals surface area contributed by atoms with Crippen LogP contribution in [0, 0.1) is 6.92 Å². The maximum Gasteiger partial charge on any atom is 0.215 e. The van der Waals surface area contributed by atoms with Crippen molar-refractivity contribution in [2.45, 2.75) is 45.5 Å². The van der Waals surface area contributed by atoms with Crippen LogP contribution in [0.3, 0.4) is 0 Å². The van der Waals surface area contributed by atoms with Gasteiger partial charge in [-0.15, -0.1) is 0 Å². The average molecular weight is 362 g/mol. The van der Waals surface area contributed by atoms with Gasteiger partial charge in [-0.2, -0.15) is 0 Å². The van der Waals surface area contributed by atoms with Gasteiger partial charge >= 0.3 is 0 Å². The summed E-state index contributed by atoms with van der Waals surface area (Å²) in [5.74, 6) is 0.888. The van der Waals surface area contributed by atoms with E-state index in [2.05, 4.69) is 4.72 Å². The monoisotopic (exact) mass is 361 g/mol. The molecule has 0 aliphatic heterocycles. The highest BCUT2D eigenvalue weighted by Gasteiger charge is 2.12. The molecule has 0 radical (unpaired) electrons. The van der Waals surface area contributed by atoms with E-state index in [0.29, 0.717) is 6.54 Å². The first-order chi connectivity index (χ1) is 11.9. The minimum absolute atomic E-state index is 0.0287. The summed E-state index contributed by atoms with van der Waals surface area (Å²) >= 11 is 0. The number of rotatable bonds is 9. The Morgan fingerprint density at radius 3 is 2.36 bits per heavy atom. The van der Waals surface area contributed by atoms with Crippen molar-refractivity contribution in [3.8, 4) is 5.75 Å². The lowest BCUT2D eigenvalue weighted by atomic mass is 10.1. The number of sulfonamides is 1. The molecule has 0 spiro atoms. The Morgan fingerprint density at radius 2 is 1.72 bits per heavy atom. The molecule has 5 heteroatoms. The van der Waals surface area contributed by atoms with Gasteiger partial charge in [0.25, 0.3) is 0 Å². The topological polar surface area (TPSA) is 55.4 Å². The Kier molecular flexibility index (Phi) is 7.02. The SMILES string of the molecule is Cc1ccccc1CS(=O)(=O)NCCCc1ccc(OC(C)C)cc1. The predicted molar refractivity (Wildman–Crippen MR) is 102 cm³/mol. The van der Waals surface area contributed by atoms with Crippen molar-refractivity contribution in [2.24, 2.45) is 0 Å². The average Bonchev–Trinajstić information content (AvgIpc) is 2.55. The van der Waals surface area contributed by atoms with Crippen molar-refractivity contribution in [1.29, 1.82) is 0 Å². The molecule has 0 aliphatic rings. The summed E-state index contributed by atoms with van der Waals surface area (Å²) in [6.07, 6.45) is 1.75. The molecule has 0 aromatic heterocycles. The van der Waals surface area contributed by atoms with Crippen molar-refractivity contribution in [2.75, 3.05) is 6.54 Å². The molecule has 25 heavy (non-hydrogen) atoms. The van der Waals surface area contributed by atoms with E-state index < -0.39 is 10.0 Å². The molecule has 0 heterocycles. The van der Waals surface area contributed by atoms with E-state index in [0.717, 1.165) is 29.7 Å². The molecule has 0 atom stereocenters. The molecule has 0 fully saturated rings. The molecule has 1 N–H and O–H groups in total. The molecule has 4 nitrogen and oxygen atoms in total. The largest absolute Gasteiger partial charge is 0.491 e. The lowest BCUT2D eigenvalue weighted by Gasteiger charge is -2.10.